The second kappa shape index (κ2) is 9.76. The summed E-state index contributed by atoms with van der Waals surface area (Å²) in [5.41, 5.74) is 2.34. The maximum absolute atomic E-state index is 13.3. The highest BCUT2D eigenvalue weighted by Gasteiger charge is 2.34. The summed E-state index contributed by atoms with van der Waals surface area (Å²) in [5.74, 6) is 0.349. The van der Waals surface area contributed by atoms with Gasteiger partial charge in [0.1, 0.15) is 5.75 Å². The summed E-state index contributed by atoms with van der Waals surface area (Å²) in [6.07, 6.45) is 1.55. The molecule has 0 aromatic heterocycles. The summed E-state index contributed by atoms with van der Waals surface area (Å²) in [6, 6.07) is 12.2. The van der Waals surface area contributed by atoms with Crippen LogP contribution in [0.5, 0.6) is 5.75 Å². The van der Waals surface area contributed by atoms with Gasteiger partial charge in [-0.05, 0) is 81.1 Å². The van der Waals surface area contributed by atoms with E-state index < -0.39 is 10.0 Å². The number of nitrogens with zero attached hydrogens (tertiary/aromatic N) is 2. The molecule has 1 fully saturated rings. The Bertz CT molecular complexity index is 1170. The topological polar surface area (TPSA) is 96.0 Å². The lowest BCUT2D eigenvalue weighted by atomic mass is 9.97. The van der Waals surface area contributed by atoms with Crippen molar-refractivity contribution in [3.8, 4) is 5.75 Å². The Balaban J connectivity index is 1.38. The summed E-state index contributed by atoms with van der Waals surface area (Å²) in [5, 5.41) is 2.92. The molecule has 0 spiro atoms. The normalized spacial score (nSPS) is 19.0. The van der Waals surface area contributed by atoms with Crippen molar-refractivity contribution in [1.82, 2.24) is 4.31 Å². The van der Waals surface area contributed by atoms with E-state index >= 15 is 0 Å². The molecule has 1 saturated heterocycles. The lowest BCUT2D eigenvalue weighted by molar-refractivity contribution is -0.121. The third-order valence-electron chi connectivity index (χ3n) is 6.50. The molecule has 1 N–H and O–H groups in total. The number of nitrogens with one attached hydrogen (secondary N) is 1. The van der Waals surface area contributed by atoms with E-state index in [1.807, 2.05) is 13.8 Å². The highest BCUT2D eigenvalue weighted by molar-refractivity contribution is 7.89. The van der Waals surface area contributed by atoms with Gasteiger partial charge in [0.25, 0.3) is 0 Å². The molecule has 0 unspecified atom stereocenters. The summed E-state index contributed by atoms with van der Waals surface area (Å²) in [4.78, 5) is 26.6. The van der Waals surface area contributed by atoms with Gasteiger partial charge in [-0.2, -0.15) is 4.31 Å². The highest BCUT2D eigenvalue weighted by Crippen LogP contribution is 2.35. The maximum Gasteiger partial charge on any atom is 0.243 e. The highest BCUT2D eigenvalue weighted by atomic mass is 32.2. The smallest absolute Gasteiger partial charge is 0.243 e. The van der Waals surface area contributed by atoms with Crippen molar-refractivity contribution in [3.05, 3.63) is 48.0 Å². The molecule has 1 atom stereocenters. The standard InChI is InChI=1S/C25H31N3O5S/c1-4-33-22-7-5-21(6-8-22)26-25(30)19-11-13-27(14-12-19)34(31,32)23-9-10-24-20(16-23)15-17(2)28(24)18(3)29/h5-10,16-17,19H,4,11-15H2,1-3H3,(H,26,30)/t17-/m0/s1. The third kappa shape index (κ3) is 4.81. The van der Waals surface area contributed by atoms with Crippen LogP contribution in [0.3, 0.4) is 0 Å². The van der Waals surface area contributed by atoms with Gasteiger partial charge in [-0.1, -0.05) is 0 Å². The number of hydrogen-bond acceptors (Lipinski definition) is 5. The van der Waals surface area contributed by atoms with Crippen molar-refractivity contribution in [2.45, 2.75) is 51.0 Å². The van der Waals surface area contributed by atoms with Crippen LogP contribution in [0.15, 0.2) is 47.4 Å². The average molecular weight is 486 g/mol. The van der Waals surface area contributed by atoms with Crippen LogP contribution < -0.4 is 15.0 Å². The molecule has 182 valence electrons. The number of piperidine rings is 1. The molecule has 2 aromatic rings. The van der Waals surface area contributed by atoms with Gasteiger partial charge in [-0.25, -0.2) is 8.42 Å². The van der Waals surface area contributed by atoms with E-state index in [0.717, 1.165) is 17.0 Å². The van der Waals surface area contributed by atoms with Gasteiger partial charge in [-0.3, -0.25) is 9.59 Å². The molecule has 4 rings (SSSR count). The number of carbonyl (C=O) groups is 2. The van der Waals surface area contributed by atoms with E-state index in [1.54, 1.807) is 47.4 Å². The number of amides is 2. The van der Waals surface area contributed by atoms with Crippen molar-refractivity contribution >= 4 is 33.2 Å². The number of benzene rings is 2. The van der Waals surface area contributed by atoms with E-state index in [9.17, 15) is 18.0 Å². The first-order valence-electron chi connectivity index (χ1n) is 11.7. The fourth-order valence-corrected chi connectivity index (χ4v) is 6.32. The molecule has 0 radical (unpaired) electrons. The number of ether oxygens (including phenoxy) is 1. The molecular weight excluding hydrogens is 454 g/mol. The molecule has 2 aromatic carbocycles. The summed E-state index contributed by atoms with van der Waals surface area (Å²) >= 11 is 0. The molecular formula is C25H31N3O5S. The summed E-state index contributed by atoms with van der Waals surface area (Å²) in [6.45, 7) is 6.54. The fraction of sp³-hybridized carbons (Fsp3) is 0.440. The van der Waals surface area contributed by atoms with Crippen LogP contribution in [0.1, 0.15) is 39.2 Å². The monoisotopic (exact) mass is 485 g/mol. The van der Waals surface area contributed by atoms with Gasteiger partial charge >= 0.3 is 0 Å². The number of fused-ring (bicyclic) bond motifs is 1. The Hall–Kier alpha value is -2.91. The zero-order valence-corrected chi connectivity index (χ0v) is 20.6. The van der Waals surface area contributed by atoms with E-state index in [1.165, 1.54) is 11.2 Å². The molecule has 2 amide bonds. The lowest BCUT2D eigenvalue weighted by Crippen LogP contribution is -2.41. The Labute approximate surface area is 200 Å². The number of carbonyl (C=O) groups excluding carboxylic acids is 2. The van der Waals surface area contributed by atoms with Crippen LogP contribution in [0.4, 0.5) is 11.4 Å². The van der Waals surface area contributed by atoms with Crippen LogP contribution in [0, 0.1) is 5.92 Å². The van der Waals surface area contributed by atoms with Crippen molar-refractivity contribution < 1.29 is 22.7 Å². The largest absolute Gasteiger partial charge is 0.494 e. The molecule has 34 heavy (non-hydrogen) atoms. The number of anilines is 2. The van der Waals surface area contributed by atoms with Crippen LogP contribution in [-0.4, -0.2) is 50.3 Å². The minimum Gasteiger partial charge on any atom is -0.494 e. The Morgan fingerprint density at radius 3 is 2.38 bits per heavy atom. The second-order valence-electron chi connectivity index (χ2n) is 8.86. The SMILES string of the molecule is CCOc1ccc(NC(=O)C2CCN(S(=O)(=O)c3ccc4c(c3)C[C@H](C)N4C(C)=O)CC2)cc1. The van der Waals surface area contributed by atoms with E-state index in [-0.39, 0.29) is 41.8 Å². The zero-order valence-electron chi connectivity index (χ0n) is 19.8. The second-order valence-corrected chi connectivity index (χ2v) is 10.8. The number of rotatable bonds is 6. The van der Waals surface area contributed by atoms with Crippen LogP contribution in [0.2, 0.25) is 0 Å². The Kier molecular flexibility index (Phi) is 6.95. The van der Waals surface area contributed by atoms with Crippen LogP contribution in [-0.2, 0) is 26.0 Å². The fourth-order valence-electron chi connectivity index (χ4n) is 4.80. The maximum atomic E-state index is 13.3. The first-order chi connectivity index (χ1) is 16.2. The number of sulfonamides is 1. The van der Waals surface area contributed by atoms with Crippen molar-refractivity contribution in [2.75, 3.05) is 29.9 Å². The van der Waals surface area contributed by atoms with E-state index in [4.69, 9.17) is 4.74 Å². The first kappa shape index (κ1) is 24.2. The molecule has 8 nitrogen and oxygen atoms in total. The molecule has 2 aliphatic heterocycles. The van der Waals surface area contributed by atoms with Crippen molar-refractivity contribution in [2.24, 2.45) is 5.92 Å². The zero-order chi connectivity index (χ0) is 24.5. The number of hydrogen-bond donors (Lipinski definition) is 1. The summed E-state index contributed by atoms with van der Waals surface area (Å²) < 4.78 is 33.4. The van der Waals surface area contributed by atoms with E-state index in [2.05, 4.69) is 5.32 Å². The van der Waals surface area contributed by atoms with Gasteiger partial charge in [0.15, 0.2) is 0 Å². The Morgan fingerprint density at radius 2 is 1.76 bits per heavy atom. The minimum atomic E-state index is -3.67. The van der Waals surface area contributed by atoms with Crippen LogP contribution >= 0.6 is 0 Å². The Morgan fingerprint density at radius 1 is 1.09 bits per heavy atom. The molecule has 0 aliphatic carbocycles. The minimum absolute atomic E-state index is 0.00934. The van der Waals surface area contributed by atoms with Gasteiger partial charge in [-0.15, -0.1) is 0 Å². The molecule has 2 heterocycles. The first-order valence-corrected chi connectivity index (χ1v) is 13.1. The lowest BCUT2D eigenvalue weighted by Gasteiger charge is -2.30. The molecule has 9 heteroatoms. The van der Waals surface area contributed by atoms with Crippen molar-refractivity contribution in [3.63, 3.8) is 0 Å². The van der Waals surface area contributed by atoms with Crippen molar-refractivity contribution in [1.29, 1.82) is 0 Å². The predicted octanol–water partition coefficient (Wildman–Crippen LogP) is 3.42. The van der Waals surface area contributed by atoms with Gasteiger partial charge in [0.2, 0.25) is 21.8 Å². The average Bonchev–Trinajstić information content (AvgIpc) is 3.15. The quantitative estimate of drug-likeness (QED) is 0.676. The summed E-state index contributed by atoms with van der Waals surface area (Å²) in [7, 11) is -3.67. The molecule has 0 bridgehead atoms. The molecule has 2 aliphatic rings. The predicted molar refractivity (Wildman–Crippen MR) is 130 cm³/mol. The van der Waals surface area contributed by atoms with Gasteiger partial charge < -0.3 is 15.0 Å². The van der Waals surface area contributed by atoms with Crippen LogP contribution in [0.25, 0.3) is 0 Å². The van der Waals surface area contributed by atoms with Gasteiger partial charge in [0.05, 0.1) is 11.5 Å². The van der Waals surface area contributed by atoms with Gasteiger partial charge in [0, 0.05) is 43.3 Å². The third-order valence-corrected chi connectivity index (χ3v) is 8.40. The molecule has 0 saturated carbocycles. The van der Waals surface area contributed by atoms with E-state index in [0.29, 0.717) is 31.6 Å².